The molecule has 1 aliphatic heterocycles. The zero-order chi connectivity index (χ0) is 23.3. The number of rotatable bonds is 17. The van der Waals surface area contributed by atoms with Gasteiger partial charge in [0.15, 0.2) is 0 Å². The largest absolute Gasteiger partial charge is 0.472 e. The first kappa shape index (κ1) is 28.3. The fourth-order valence-corrected chi connectivity index (χ4v) is 3.75. The highest BCUT2D eigenvalue weighted by Gasteiger charge is 2.35. The Morgan fingerprint density at radius 1 is 0.906 bits per heavy atom. The number of unbranched alkanes of at least 4 members (excludes halogenated alkanes) is 3. The molecule has 1 aliphatic rings. The molecule has 1 N–H and O–H groups in total. The van der Waals surface area contributed by atoms with Gasteiger partial charge in [-0.2, -0.15) is 0 Å². The SMILES string of the molecule is CCC=CCC=CCC=CCC=CCC=CCCCCCC(=O)OCC1COP(=O)(O)O1. The van der Waals surface area contributed by atoms with Gasteiger partial charge in [0, 0.05) is 6.42 Å². The Morgan fingerprint density at radius 2 is 1.47 bits per heavy atom. The van der Waals surface area contributed by atoms with Crippen molar-refractivity contribution in [2.45, 2.75) is 77.2 Å². The van der Waals surface area contributed by atoms with E-state index in [0.29, 0.717) is 6.42 Å². The van der Waals surface area contributed by atoms with Crippen LogP contribution in [0.25, 0.3) is 0 Å². The molecule has 0 bridgehead atoms. The zero-order valence-electron chi connectivity index (χ0n) is 19.3. The first-order chi connectivity index (χ1) is 15.5. The summed E-state index contributed by atoms with van der Waals surface area (Å²) >= 11 is 0. The van der Waals surface area contributed by atoms with Gasteiger partial charge >= 0.3 is 13.8 Å². The Labute approximate surface area is 193 Å². The molecule has 180 valence electrons. The molecule has 0 radical (unpaired) electrons. The molecule has 0 aromatic carbocycles. The number of ether oxygens (including phenoxy) is 1. The van der Waals surface area contributed by atoms with Crippen LogP contribution >= 0.6 is 7.82 Å². The van der Waals surface area contributed by atoms with Gasteiger partial charge in [0.2, 0.25) is 0 Å². The molecule has 1 rings (SSSR count). The fourth-order valence-electron chi connectivity index (χ4n) is 2.84. The number of esters is 1. The van der Waals surface area contributed by atoms with Gasteiger partial charge in [-0.15, -0.1) is 0 Å². The van der Waals surface area contributed by atoms with Crippen LogP contribution in [0.2, 0.25) is 0 Å². The van der Waals surface area contributed by atoms with Crippen molar-refractivity contribution in [2.75, 3.05) is 13.2 Å². The summed E-state index contributed by atoms with van der Waals surface area (Å²) in [6.45, 7) is 2.06. The van der Waals surface area contributed by atoms with Crippen molar-refractivity contribution in [1.29, 1.82) is 0 Å². The fraction of sp³-hybridized carbons (Fsp3) is 0.560. The van der Waals surface area contributed by atoms with Crippen LogP contribution in [-0.2, 0) is 23.1 Å². The van der Waals surface area contributed by atoms with Crippen LogP contribution in [0.15, 0.2) is 60.8 Å². The van der Waals surface area contributed by atoms with E-state index in [4.69, 9.17) is 14.2 Å². The molecule has 0 aliphatic carbocycles. The average Bonchev–Trinajstić information content (AvgIpc) is 3.12. The van der Waals surface area contributed by atoms with Crippen molar-refractivity contribution < 1.29 is 28.0 Å². The van der Waals surface area contributed by atoms with E-state index in [9.17, 15) is 9.36 Å². The molecule has 1 saturated heterocycles. The van der Waals surface area contributed by atoms with Gasteiger partial charge in [0.1, 0.15) is 12.7 Å². The third kappa shape index (κ3) is 16.9. The maximum Gasteiger partial charge on any atom is 0.472 e. The molecule has 32 heavy (non-hydrogen) atoms. The van der Waals surface area contributed by atoms with Crippen LogP contribution in [0.5, 0.6) is 0 Å². The molecule has 6 nitrogen and oxygen atoms in total. The minimum atomic E-state index is -3.93. The quantitative estimate of drug-likeness (QED) is 0.111. The second-order valence-electron chi connectivity index (χ2n) is 7.48. The monoisotopic (exact) mass is 466 g/mol. The van der Waals surface area contributed by atoms with Gasteiger partial charge in [-0.05, 0) is 51.4 Å². The van der Waals surface area contributed by atoms with Crippen LogP contribution < -0.4 is 0 Å². The van der Waals surface area contributed by atoms with Crippen LogP contribution in [0.3, 0.4) is 0 Å². The van der Waals surface area contributed by atoms with Crippen molar-refractivity contribution in [2.24, 2.45) is 0 Å². The molecular weight excluding hydrogens is 427 g/mol. The van der Waals surface area contributed by atoms with Crippen LogP contribution in [0.1, 0.15) is 71.1 Å². The van der Waals surface area contributed by atoms with Gasteiger partial charge in [0.05, 0.1) is 6.61 Å². The van der Waals surface area contributed by atoms with Gasteiger partial charge in [-0.3, -0.25) is 13.8 Å². The van der Waals surface area contributed by atoms with Crippen LogP contribution in [0, 0.1) is 0 Å². The Morgan fingerprint density at radius 3 is 2.00 bits per heavy atom. The maximum absolute atomic E-state index is 11.7. The van der Waals surface area contributed by atoms with E-state index in [-0.39, 0.29) is 19.2 Å². The molecule has 0 spiro atoms. The number of hydrogen-bond acceptors (Lipinski definition) is 5. The number of carbonyl (C=O) groups is 1. The third-order valence-electron chi connectivity index (χ3n) is 4.55. The molecule has 1 fully saturated rings. The summed E-state index contributed by atoms with van der Waals surface area (Å²) in [5, 5.41) is 0. The number of phosphoric acid groups is 1. The molecule has 1 heterocycles. The summed E-state index contributed by atoms with van der Waals surface area (Å²) in [6, 6.07) is 0. The predicted molar refractivity (Wildman–Crippen MR) is 129 cm³/mol. The predicted octanol–water partition coefficient (Wildman–Crippen LogP) is 6.75. The minimum Gasteiger partial charge on any atom is -0.463 e. The lowest BCUT2D eigenvalue weighted by Crippen LogP contribution is -2.20. The van der Waals surface area contributed by atoms with Crippen molar-refractivity contribution in [3.8, 4) is 0 Å². The Hall–Kier alpha value is -1.72. The van der Waals surface area contributed by atoms with Gasteiger partial charge in [-0.1, -0.05) is 74.1 Å². The molecule has 0 aromatic rings. The molecule has 0 amide bonds. The van der Waals surface area contributed by atoms with Crippen molar-refractivity contribution in [3.63, 3.8) is 0 Å². The molecular formula is C25H39O6P. The Bertz CT molecular complexity index is 693. The average molecular weight is 467 g/mol. The molecule has 0 saturated carbocycles. The van der Waals surface area contributed by atoms with E-state index in [1.165, 1.54) is 0 Å². The minimum absolute atomic E-state index is 0.0334. The smallest absolute Gasteiger partial charge is 0.463 e. The van der Waals surface area contributed by atoms with Crippen LogP contribution in [-0.4, -0.2) is 30.2 Å². The summed E-state index contributed by atoms with van der Waals surface area (Å²) in [4.78, 5) is 20.7. The van der Waals surface area contributed by atoms with E-state index in [1.807, 2.05) is 0 Å². The van der Waals surface area contributed by atoms with Gasteiger partial charge < -0.3 is 9.63 Å². The summed E-state index contributed by atoms with van der Waals surface area (Å²) in [5.74, 6) is -0.317. The topological polar surface area (TPSA) is 82.1 Å². The summed E-state index contributed by atoms with van der Waals surface area (Å²) in [5.41, 5.74) is 0. The number of hydrogen-bond donors (Lipinski definition) is 1. The van der Waals surface area contributed by atoms with Crippen molar-refractivity contribution >= 4 is 13.8 Å². The molecule has 2 atom stereocenters. The second kappa shape index (κ2) is 18.8. The number of phosphoric ester groups is 1. The van der Waals surface area contributed by atoms with Crippen molar-refractivity contribution in [1.82, 2.24) is 0 Å². The Kier molecular flexibility index (Phi) is 16.6. The van der Waals surface area contributed by atoms with Crippen molar-refractivity contribution in [3.05, 3.63) is 60.8 Å². The third-order valence-corrected chi connectivity index (χ3v) is 5.59. The lowest BCUT2D eigenvalue weighted by molar-refractivity contribution is -0.146. The van der Waals surface area contributed by atoms with Crippen LogP contribution in [0.4, 0.5) is 0 Å². The van der Waals surface area contributed by atoms with Gasteiger partial charge in [-0.25, -0.2) is 4.57 Å². The highest BCUT2D eigenvalue weighted by atomic mass is 31.2. The summed E-state index contributed by atoms with van der Waals surface area (Å²) in [6.07, 6.45) is 30.3. The van der Waals surface area contributed by atoms with E-state index >= 15 is 0 Å². The second-order valence-corrected chi connectivity index (χ2v) is 8.89. The van der Waals surface area contributed by atoms with E-state index in [1.54, 1.807) is 0 Å². The number of allylic oxidation sites excluding steroid dienone is 10. The molecule has 0 aromatic heterocycles. The standard InChI is InChI=1S/C25H39O6P/c1-2-3-4-5-6-7-8-9-10-11-12-13-14-15-16-17-18-19-20-21-25(26)29-22-24-23-30-32(27,28)31-24/h3-4,6-7,9-10,12-13,15-16,24H,2,5,8,11,14,17-23H2,1H3,(H,27,28). The van der Waals surface area contributed by atoms with E-state index in [0.717, 1.165) is 57.8 Å². The highest BCUT2D eigenvalue weighted by molar-refractivity contribution is 7.47. The Balaban J connectivity index is 1.90. The van der Waals surface area contributed by atoms with E-state index < -0.39 is 13.9 Å². The summed E-state index contributed by atoms with van der Waals surface area (Å²) < 4.78 is 25.4. The molecule has 7 heteroatoms. The van der Waals surface area contributed by atoms with E-state index in [2.05, 4.69) is 72.2 Å². The zero-order valence-corrected chi connectivity index (χ0v) is 20.2. The first-order valence-electron chi connectivity index (χ1n) is 11.6. The maximum atomic E-state index is 11.7. The summed E-state index contributed by atoms with van der Waals surface area (Å²) in [7, 11) is -3.93. The molecule has 2 unspecified atom stereocenters. The first-order valence-corrected chi connectivity index (χ1v) is 13.1. The lowest BCUT2D eigenvalue weighted by atomic mass is 10.1. The highest BCUT2D eigenvalue weighted by Crippen LogP contribution is 2.49. The normalized spacial score (nSPS) is 21.9. The lowest BCUT2D eigenvalue weighted by Gasteiger charge is -2.08. The van der Waals surface area contributed by atoms with Gasteiger partial charge in [0.25, 0.3) is 0 Å². The number of carbonyl (C=O) groups excluding carboxylic acids is 1.